The molecule has 0 aliphatic rings. The summed E-state index contributed by atoms with van der Waals surface area (Å²) in [6.45, 7) is 4.46. The second kappa shape index (κ2) is 61.5. The largest absolute Gasteiger partial charge is 0.472 e. The van der Waals surface area contributed by atoms with Crippen LogP contribution < -0.4 is 0 Å². The molecule has 460 valence electrons. The molecule has 0 rings (SSSR count). The van der Waals surface area contributed by atoms with Crippen LogP contribution in [0.15, 0.2) is 97.2 Å². The minimum Gasteiger partial charge on any atom is -0.462 e. The summed E-state index contributed by atoms with van der Waals surface area (Å²) in [5.74, 6) is -1.54. The van der Waals surface area contributed by atoms with Crippen molar-refractivity contribution >= 4 is 25.7 Å². The predicted octanol–water partition coefficient (Wildman–Crippen LogP) is 19.6. The molecule has 80 heavy (non-hydrogen) atoms. The Kier molecular flexibility index (Phi) is 58.7. The summed E-state index contributed by atoms with van der Waals surface area (Å²) in [5.41, 5.74) is 0. The number of aliphatic hydroxyl groups excluding tert-OH is 1. The molecule has 0 aromatic carbocycles. The standard InChI is InChI=1S/C68H117O11P/c1-4-7-10-13-16-19-22-25-28-31-32-35-38-41-44-47-50-53-56-59-68(72)79-65(61-75-66(70)57-54-51-48-45-42-39-36-33-29-26-23-20-17-14-11-8-5-2)63-77-80(73,74)76-62-64(60-69)78-67(71)58-55-52-49-46-43-40-37-34-30-27-24-21-18-15-12-9-6-3/h8,11,16-17,19-20,25-30,36,39,45,48,64-65,69H,4-7,9-10,12-15,18,21-24,31-35,37-38,40-44,46-47,49-63H2,1-3H3,(H,73,74)/b11-8-,19-16-,20-17-,28-25-,29-26-,30-27-,39-36-,48-45-. The van der Waals surface area contributed by atoms with E-state index in [1.807, 2.05) is 6.08 Å². The Morgan fingerprint density at radius 2 is 0.662 bits per heavy atom. The Morgan fingerprint density at radius 1 is 0.362 bits per heavy atom. The van der Waals surface area contributed by atoms with Gasteiger partial charge in [0.25, 0.3) is 0 Å². The van der Waals surface area contributed by atoms with Gasteiger partial charge in [-0.2, -0.15) is 0 Å². The summed E-state index contributed by atoms with van der Waals surface area (Å²) in [6.07, 6.45) is 73.6. The Labute approximate surface area is 489 Å². The Morgan fingerprint density at radius 3 is 1.07 bits per heavy atom. The second-order valence-corrected chi connectivity index (χ2v) is 22.6. The van der Waals surface area contributed by atoms with Crippen LogP contribution in [0.4, 0.5) is 0 Å². The minimum atomic E-state index is -4.77. The number of carbonyl (C=O) groups is 3. The van der Waals surface area contributed by atoms with E-state index in [1.165, 1.54) is 122 Å². The second-order valence-electron chi connectivity index (χ2n) is 21.2. The maximum atomic E-state index is 13.0. The average Bonchev–Trinajstić information content (AvgIpc) is 3.45. The van der Waals surface area contributed by atoms with Crippen molar-refractivity contribution in [2.45, 2.75) is 290 Å². The summed E-state index contributed by atoms with van der Waals surface area (Å²) >= 11 is 0. The van der Waals surface area contributed by atoms with E-state index in [0.29, 0.717) is 25.7 Å². The van der Waals surface area contributed by atoms with Crippen LogP contribution in [0.25, 0.3) is 0 Å². The first-order chi connectivity index (χ1) is 39.2. The molecule has 12 heteroatoms. The molecule has 0 amide bonds. The lowest BCUT2D eigenvalue weighted by Crippen LogP contribution is -2.30. The van der Waals surface area contributed by atoms with E-state index in [1.54, 1.807) is 0 Å². The van der Waals surface area contributed by atoms with Gasteiger partial charge in [-0.3, -0.25) is 23.4 Å². The number of allylic oxidation sites excluding steroid dienone is 16. The molecule has 0 bridgehead atoms. The highest BCUT2D eigenvalue weighted by molar-refractivity contribution is 7.47. The van der Waals surface area contributed by atoms with Crippen LogP contribution in [0.1, 0.15) is 278 Å². The fourth-order valence-electron chi connectivity index (χ4n) is 8.59. The molecular weight excluding hydrogens is 1020 g/mol. The average molecular weight is 1140 g/mol. The van der Waals surface area contributed by atoms with Gasteiger partial charge in [-0.25, -0.2) is 4.57 Å². The first-order valence-electron chi connectivity index (χ1n) is 32.1. The van der Waals surface area contributed by atoms with Crippen molar-refractivity contribution < 1.29 is 52.2 Å². The summed E-state index contributed by atoms with van der Waals surface area (Å²) in [5, 5.41) is 9.85. The van der Waals surface area contributed by atoms with E-state index in [4.69, 9.17) is 23.3 Å². The Bertz CT molecular complexity index is 1710. The third-order valence-corrected chi connectivity index (χ3v) is 14.4. The van der Waals surface area contributed by atoms with Crippen molar-refractivity contribution in [3.05, 3.63) is 97.2 Å². The highest BCUT2D eigenvalue weighted by Gasteiger charge is 2.28. The highest BCUT2D eigenvalue weighted by Crippen LogP contribution is 2.43. The third-order valence-electron chi connectivity index (χ3n) is 13.5. The van der Waals surface area contributed by atoms with Crippen LogP contribution in [0, 0.1) is 0 Å². The molecule has 0 aromatic heterocycles. The van der Waals surface area contributed by atoms with Crippen LogP contribution >= 0.6 is 7.82 Å². The van der Waals surface area contributed by atoms with Crippen LogP contribution in [0.3, 0.4) is 0 Å². The van der Waals surface area contributed by atoms with Crippen LogP contribution in [0.5, 0.6) is 0 Å². The topological polar surface area (TPSA) is 155 Å². The molecule has 0 radical (unpaired) electrons. The number of hydrogen-bond donors (Lipinski definition) is 2. The van der Waals surface area contributed by atoms with Gasteiger partial charge in [0.1, 0.15) is 12.7 Å². The molecule has 0 saturated heterocycles. The molecule has 11 nitrogen and oxygen atoms in total. The van der Waals surface area contributed by atoms with Gasteiger partial charge in [-0.1, -0.05) is 240 Å². The normalized spacial score (nSPS) is 13.9. The van der Waals surface area contributed by atoms with E-state index in [2.05, 4.69) is 112 Å². The van der Waals surface area contributed by atoms with Crippen molar-refractivity contribution in [1.29, 1.82) is 0 Å². The maximum absolute atomic E-state index is 13.0. The van der Waals surface area contributed by atoms with Gasteiger partial charge in [0, 0.05) is 19.3 Å². The number of unbranched alkanes of at least 4 members (excludes halogenated alkanes) is 26. The van der Waals surface area contributed by atoms with Crippen LogP contribution in [0.2, 0.25) is 0 Å². The SMILES string of the molecule is CC/C=C\C/C=C\C/C=C\C/C=C\C/C=C\CCCC(=O)OCC(COP(=O)(O)OCC(CO)OC(=O)CCCCCCCCC/C=C\CCCCCCCC)OC(=O)CCCCCCCCCCC/C=C\C/C=C\CCCCC. The van der Waals surface area contributed by atoms with Gasteiger partial charge in [-0.15, -0.1) is 0 Å². The van der Waals surface area contributed by atoms with E-state index in [9.17, 15) is 28.9 Å². The van der Waals surface area contributed by atoms with Crippen LogP contribution in [-0.4, -0.2) is 66.5 Å². The number of phosphoric acid groups is 1. The number of aliphatic hydroxyl groups is 1. The van der Waals surface area contributed by atoms with Gasteiger partial charge in [-0.05, 0) is 116 Å². The first kappa shape index (κ1) is 76.4. The number of carbonyl (C=O) groups excluding carboxylic acids is 3. The smallest absolute Gasteiger partial charge is 0.462 e. The van der Waals surface area contributed by atoms with E-state index in [-0.39, 0.29) is 25.9 Å². The fourth-order valence-corrected chi connectivity index (χ4v) is 9.38. The number of rotatable bonds is 59. The van der Waals surface area contributed by atoms with Gasteiger partial charge >= 0.3 is 25.7 Å². The Balaban J connectivity index is 4.77. The zero-order valence-corrected chi connectivity index (χ0v) is 51.9. The summed E-state index contributed by atoms with van der Waals surface area (Å²) in [7, 11) is -4.77. The van der Waals surface area contributed by atoms with Gasteiger partial charge < -0.3 is 24.2 Å². The molecule has 0 heterocycles. The van der Waals surface area contributed by atoms with Crippen molar-refractivity contribution in [2.24, 2.45) is 0 Å². The summed E-state index contributed by atoms with van der Waals surface area (Å²) in [6, 6.07) is 0. The lowest BCUT2D eigenvalue weighted by Gasteiger charge is -2.21. The van der Waals surface area contributed by atoms with Gasteiger partial charge in [0.15, 0.2) is 6.10 Å². The van der Waals surface area contributed by atoms with Crippen LogP contribution in [-0.2, 0) is 42.2 Å². The summed E-state index contributed by atoms with van der Waals surface area (Å²) in [4.78, 5) is 48.7. The third kappa shape index (κ3) is 59.0. The molecule has 3 unspecified atom stereocenters. The molecule has 0 spiro atoms. The lowest BCUT2D eigenvalue weighted by atomic mass is 10.1. The highest BCUT2D eigenvalue weighted by atomic mass is 31.2. The molecule has 0 saturated carbocycles. The van der Waals surface area contributed by atoms with Crippen molar-refractivity contribution in [2.75, 3.05) is 26.4 Å². The van der Waals surface area contributed by atoms with Gasteiger partial charge in [0.2, 0.25) is 0 Å². The zero-order chi connectivity index (χ0) is 58.3. The molecule has 0 fully saturated rings. The maximum Gasteiger partial charge on any atom is 0.472 e. The molecule has 2 N–H and O–H groups in total. The monoisotopic (exact) mass is 1140 g/mol. The Hall–Kier alpha value is -3.60. The summed E-state index contributed by atoms with van der Waals surface area (Å²) < 4.78 is 39.6. The zero-order valence-electron chi connectivity index (χ0n) is 51.0. The number of phosphoric ester groups is 1. The van der Waals surface area contributed by atoms with E-state index >= 15 is 0 Å². The van der Waals surface area contributed by atoms with Crippen molar-refractivity contribution in [1.82, 2.24) is 0 Å². The number of hydrogen-bond acceptors (Lipinski definition) is 10. The minimum absolute atomic E-state index is 0.144. The predicted molar refractivity (Wildman–Crippen MR) is 334 cm³/mol. The quantitative estimate of drug-likeness (QED) is 0.0197. The first-order valence-corrected chi connectivity index (χ1v) is 33.6. The molecule has 3 atom stereocenters. The van der Waals surface area contributed by atoms with Gasteiger partial charge in [0.05, 0.1) is 19.8 Å². The molecule has 0 aliphatic heterocycles. The van der Waals surface area contributed by atoms with E-state index in [0.717, 1.165) is 89.9 Å². The number of esters is 3. The van der Waals surface area contributed by atoms with Crippen molar-refractivity contribution in [3.8, 4) is 0 Å². The number of ether oxygens (including phenoxy) is 3. The van der Waals surface area contributed by atoms with Crippen molar-refractivity contribution in [3.63, 3.8) is 0 Å². The lowest BCUT2D eigenvalue weighted by molar-refractivity contribution is -0.161. The fraction of sp³-hybridized carbons (Fsp3) is 0.721. The molecule has 0 aliphatic carbocycles. The molecule has 0 aromatic rings. The van der Waals surface area contributed by atoms with E-state index < -0.39 is 57.8 Å². The molecular formula is C68H117O11P.